The largest absolute Gasteiger partial charge is 0.384 e. The lowest BCUT2D eigenvalue weighted by Gasteiger charge is -2.35. The van der Waals surface area contributed by atoms with Crippen LogP contribution in [0.25, 0.3) is 16.9 Å². The van der Waals surface area contributed by atoms with Gasteiger partial charge in [-0.05, 0) is 62.4 Å². The molecule has 17 nitrogen and oxygen atoms in total. The standard InChI is InChI=1S/C43H44FN11O6/c44-29-20-26(11-12-30(29)49-38-39-46-23-34(27-21-47-48-22-27)54(39)24-32(50-38)25-9-10-25)41(59)53-18-16-52(17-19-53)36(57)8-3-1-2-4-15-45-31-7-5-6-28-37(31)43(61)55(42(28)60)33-13-14-35(56)51-40(33)58/h5-7,11-12,20-25,33,45H,1-4,8-10,13-19H2,(H,47,48)(H,49,50)(H,51,56,58). The molecule has 5 aromatic rings. The number of fused-ring (bicyclic) bond motifs is 2. The van der Waals surface area contributed by atoms with Crippen LogP contribution in [0.15, 0.2) is 61.2 Å². The maximum atomic E-state index is 15.6. The van der Waals surface area contributed by atoms with Crippen molar-refractivity contribution >= 4 is 58.3 Å². The van der Waals surface area contributed by atoms with E-state index in [1.165, 1.54) is 12.1 Å². The summed E-state index contributed by atoms with van der Waals surface area (Å²) in [6.07, 6.45) is 12.9. The SMILES string of the molecule is O=C1CCC(N2C(=O)c3cccc(NCCCCCCC(=O)N4CCN(C(=O)c5ccc(Nc6nc(C7CC7)cn7c(-c8cn[nH]c8)cnc67)c(F)c5)CC4)c3C2=O)C(=O)N1. The Morgan fingerprint density at radius 3 is 2.44 bits per heavy atom. The van der Waals surface area contributed by atoms with Crippen molar-refractivity contribution < 1.29 is 33.2 Å². The zero-order valence-electron chi connectivity index (χ0n) is 33.3. The Kier molecular flexibility index (Phi) is 10.7. The number of H-pyrrole nitrogens is 1. The number of hydrogen-bond donors (Lipinski definition) is 4. The highest BCUT2D eigenvalue weighted by Gasteiger charge is 2.45. The predicted molar refractivity (Wildman–Crippen MR) is 219 cm³/mol. The van der Waals surface area contributed by atoms with Crippen LogP contribution in [0.2, 0.25) is 0 Å². The minimum absolute atomic E-state index is 0.0260. The highest BCUT2D eigenvalue weighted by Crippen LogP contribution is 2.41. The van der Waals surface area contributed by atoms with Crippen LogP contribution in [0.1, 0.15) is 100 Å². The summed E-state index contributed by atoms with van der Waals surface area (Å²) in [7, 11) is 0. The van der Waals surface area contributed by atoms with Gasteiger partial charge in [0.1, 0.15) is 11.9 Å². The number of imidazole rings is 1. The molecule has 314 valence electrons. The number of piperidine rings is 1. The van der Waals surface area contributed by atoms with Crippen LogP contribution in [0, 0.1) is 5.82 Å². The first-order chi connectivity index (χ1) is 29.6. The number of imide groups is 2. The van der Waals surface area contributed by atoms with E-state index >= 15 is 4.39 Å². The normalized spacial score (nSPS) is 17.9. The summed E-state index contributed by atoms with van der Waals surface area (Å²) >= 11 is 0. The first-order valence-electron chi connectivity index (χ1n) is 20.7. The Bertz CT molecular complexity index is 2560. The van der Waals surface area contributed by atoms with Crippen molar-refractivity contribution in [3.8, 4) is 11.3 Å². The molecule has 1 saturated carbocycles. The summed E-state index contributed by atoms with van der Waals surface area (Å²) in [4.78, 5) is 90.6. The molecule has 0 bridgehead atoms. The number of aromatic nitrogens is 5. The third kappa shape index (κ3) is 7.92. The van der Waals surface area contributed by atoms with Crippen LogP contribution >= 0.6 is 0 Å². The van der Waals surface area contributed by atoms with E-state index in [1.54, 1.807) is 52.7 Å². The highest BCUT2D eigenvalue weighted by atomic mass is 19.1. The van der Waals surface area contributed by atoms with Gasteiger partial charge in [-0.3, -0.25) is 48.5 Å². The molecule has 61 heavy (non-hydrogen) atoms. The average Bonchev–Trinajstić information content (AvgIpc) is 3.69. The molecule has 6 amide bonds. The molecule has 3 fully saturated rings. The molecular formula is C43H44FN11O6. The smallest absolute Gasteiger partial charge is 0.264 e. The van der Waals surface area contributed by atoms with Gasteiger partial charge < -0.3 is 20.4 Å². The number of amides is 6. The molecule has 4 aliphatic rings. The number of piperazine rings is 1. The van der Waals surface area contributed by atoms with E-state index in [1.807, 2.05) is 10.6 Å². The number of hydrogen-bond acceptors (Lipinski definition) is 11. The van der Waals surface area contributed by atoms with Crippen molar-refractivity contribution in [1.82, 2.24) is 44.6 Å². The Labute approximate surface area is 349 Å². The van der Waals surface area contributed by atoms with E-state index in [2.05, 4.69) is 31.1 Å². The van der Waals surface area contributed by atoms with Crippen molar-refractivity contribution in [2.24, 2.45) is 0 Å². The van der Waals surface area contributed by atoms with Crippen LogP contribution in [0.4, 0.5) is 21.6 Å². The van der Waals surface area contributed by atoms with Gasteiger partial charge in [0, 0.05) is 80.7 Å². The number of unbranched alkanes of at least 4 members (excludes halogenated alkanes) is 3. The minimum atomic E-state index is -1.02. The van der Waals surface area contributed by atoms with Gasteiger partial charge in [-0.1, -0.05) is 18.9 Å². The zero-order valence-corrected chi connectivity index (χ0v) is 33.3. The van der Waals surface area contributed by atoms with Crippen molar-refractivity contribution in [1.29, 1.82) is 0 Å². The monoisotopic (exact) mass is 829 g/mol. The van der Waals surface area contributed by atoms with E-state index in [9.17, 15) is 28.8 Å². The van der Waals surface area contributed by atoms with Gasteiger partial charge in [0.2, 0.25) is 17.7 Å². The second-order valence-electron chi connectivity index (χ2n) is 15.9. The third-order valence-corrected chi connectivity index (χ3v) is 11.8. The van der Waals surface area contributed by atoms with E-state index in [4.69, 9.17) is 4.98 Å². The molecule has 9 rings (SSSR count). The maximum absolute atomic E-state index is 15.6. The molecule has 1 aliphatic carbocycles. The van der Waals surface area contributed by atoms with Crippen molar-refractivity contribution in [2.45, 2.75) is 69.7 Å². The van der Waals surface area contributed by atoms with Gasteiger partial charge in [0.25, 0.3) is 17.7 Å². The molecule has 0 radical (unpaired) electrons. The number of rotatable bonds is 14. The molecule has 3 aromatic heterocycles. The van der Waals surface area contributed by atoms with Gasteiger partial charge >= 0.3 is 0 Å². The van der Waals surface area contributed by atoms with Crippen LogP contribution in [-0.4, -0.2) is 113 Å². The Morgan fingerprint density at radius 2 is 1.69 bits per heavy atom. The molecule has 0 spiro atoms. The number of aromatic amines is 1. The lowest BCUT2D eigenvalue weighted by atomic mass is 10.0. The minimum Gasteiger partial charge on any atom is -0.384 e. The molecule has 2 aromatic carbocycles. The molecule has 4 N–H and O–H groups in total. The summed E-state index contributed by atoms with van der Waals surface area (Å²) in [6.45, 7) is 2.01. The average molecular weight is 830 g/mol. The summed E-state index contributed by atoms with van der Waals surface area (Å²) in [6, 6.07) is 8.30. The quantitative estimate of drug-likeness (QED) is 0.0897. The van der Waals surface area contributed by atoms with Crippen molar-refractivity contribution in [3.63, 3.8) is 0 Å². The number of nitrogens with one attached hydrogen (secondary N) is 4. The summed E-state index contributed by atoms with van der Waals surface area (Å²) in [5.41, 5.74) is 4.48. The lowest BCUT2D eigenvalue weighted by molar-refractivity contribution is -0.136. The zero-order chi connectivity index (χ0) is 42.2. The topological polar surface area (TPSA) is 207 Å². The number of halogens is 1. The fourth-order valence-electron chi connectivity index (χ4n) is 8.29. The number of carbonyl (C=O) groups excluding carboxylic acids is 6. The third-order valence-electron chi connectivity index (χ3n) is 11.8. The number of nitrogens with zero attached hydrogens (tertiary/aromatic N) is 7. The summed E-state index contributed by atoms with van der Waals surface area (Å²) in [5, 5.41) is 15.5. The predicted octanol–water partition coefficient (Wildman–Crippen LogP) is 4.63. The Hall–Kier alpha value is -6.98. The first-order valence-corrected chi connectivity index (χ1v) is 20.7. The number of carbonyl (C=O) groups is 6. The van der Waals surface area contributed by atoms with Gasteiger partial charge in [-0.2, -0.15) is 5.10 Å². The van der Waals surface area contributed by atoms with Crippen LogP contribution in [0.3, 0.4) is 0 Å². The molecule has 1 unspecified atom stereocenters. The molecule has 3 aliphatic heterocycles. The first kappa shape index (κ1) is 39.5. The molecular weight excluding hydrogens is 786 g/mol. The molecule has 2 saturated heterocycles. The van der Waals surface area contributed by atoms with Crippen molar-refractivity contribution in [3.05, 3.63) is 89.4 Å². The van der Waals surface area contributed by atoms with Gasteiger partial charge in [0.15, 0.2) is 11.5 Å². The van der Waals surface area contributed by atoms with Crippen molar-refractivity contribution in [2.75, 3.05) is 43.4 Å². The van der Waals surface area contributed by atoms with Gasteiger partial charge in [-0.15, -0.1) is 0 Å². The van der Waals surface area contributed by atoms with Gasteiger partial charge in [-0.25, -0.2) is 14.4 Å². The second-order valence-corrected chi connectivity index (χ2v) is 15.9. The fraction of sp³-hybridized carbons (Fsp3) is 0.372. The molecule has 6 heterocycles. The van der Waals surface area contributed by atoms with E-state index in [0.717, 1.165) is 54.0 Å². The number of benzene rings is 2. The number of anilines is 3. The van der Waals surface area contributed by atoms with Crippen LogP contribution in [0.5, 0.6) is 0 Å². The van der Waals surface area contributed by atoms with E-state index in [0.29, 0.717) is 68.6 Å². The lowest BCUT2D eigenvalue weighted by Crippen LogP contribution is -2.54. The Balaban J connectivity index is 0.715. The highest BCUT2D eigenvalue weighted by molar-refractivity contribution is 6.25. The van der Waals surface area contributed by atoms with E-state index < -0.39 is 35.5 Å². The van der Waals surface area contributed by atoms with Crippen LogP contribution < -0.4 is 16.0 Å². The Morgan fingerprint density at radius 1 is 0.885 bits per heavy atom. The summed E-state index contributed by atoms with van der Waals surface area (Å²) < 4.78 is 17.5. The van der Waals surface area contributed by atoms with Gasteiger partial charge in [0.05, 0.1) is 40.6 Å². The fourth-order valence-corrected chi connectivity index (χ4v) is 8.29. The molecule has 18 heteroatoms. The molecule has 1 atom stereocenters. The second kappa shape index (κ2) is 16.6. The van der Waals surface area contributed by atoms with E-state index in [-0.39, 0.29) is 47.0 Å². The summed E-state index contributed by atoms with van der Waals surface area (Å²) in [5.74, 6) is -2.30. The van der Waals surface area contributed by atoms with Crippen LogP contribution in [-0.2, 0) is 14.4 Å². The maximum Gasteiger partial charge on any atom is 0.264 e.